The van der Waals surface area contributed by atoms with Crippen molar-refractivity contribution >= 4 is 11.9 Å². The number of hydrogen-bond donors (Lipinski definition) is 0. The Morgan fingerprint density at radius 1 is 0.923 bits per heavy atom. The zero-order chi connectivity index (χ0) is 18.8. The highest BCUT2D eigenvalue weighted by Gasteiger charge is 2.00. The van der Waals surface area contributed by atoms with Crippen molar-refractivity contribution in [1.29, 1.82) is 0 Å². The van der Waals surface area contributed by atoms with Gasteiger partial charge in [0, 0.05) is 5.56 Å². The number of hydrogen-bond acceptors (Lipinski definition) is 1. The Labute approximate surface area is 157 Å². The molecule has 0 saturated heterocycles. The van der Waals surface area contributed by atoms with E-state index in [4.69, 9.17) is 0 Å². The topological polar surface area (TPSA) is 17.1 Å². The van der Waals surface area contributed by atoms with Crippen molar-refractivity contribution < 1.29 is 4.79 Å². The van der Waals surface area contributed by atoms with Crippen LogP contribution in [0.5, 0.6) is 0 Å². The van der Waals surface area contributed by atoms with Gasteiger partial charge in [0.05, 0.1) is 0 Å². The van der Waals surface area contributed by atoms with E-state index in [1.165, 1.54) is 16.7 Å². The summed E-state index contributed by atoms with van der Waals surface area (Å²) in [5.74, 6) is 0.0333. The number of carbonyl (C=O) groups excluding carboxylic acids is 1. The maximum Gasteiger partial charge on any atom is 0.185 e. The normalized spacial score (nSPS) is 11.6. The molecule has 2 aromatic rings. The summed E-state index contributed by atoms with van der Waals surface area (Å²) in [4.78, 5) is 12.2. The summed E-state index contributed by atoms with van der Waals surface area (Å²) in [7, 11) is 0. The van der Waals surface area contributed by atoms with Crippen LogP contribution in [0.2, 0.25) is 0 Å². The maximum atomic E-state index is 12.2. The largest absolute Gasteiger partial charge is 0.289 e. The summed E-state index contributed by atoms with van der Waals surface area (Å²) >= 11 is 0. The molecule has 0 saturated carbocycles. The molecule has 0 fully saturated rings. The summed E-state index contributed by atoms with van der Waals surface area (Å²) in [5.41, 5.74) is 5.84. The fourth-order valence-electron chi connectivity index (χ4n) is 2.68. The molecule has 0 radical (unpaired) electrons. The van der Waals surface area contributed by atoms with E-state index >= 15 is 0 Å². The summed E-state index contributed by atoms with van der Waals surface area (Å²) in [6, 6.07) is 17.7. The minimum absolute atomic E-state index is 0.0333. The molecule has 0 atom stereocenters. The number of allylic oxidation sites excluding steroid dienone is 5. The van der Waals surface area contributed by atoms with Crippen LogP contribution in [0.15, 0.2) is 84.0 Å². The van der Waals surface area contributed by atoms with Crippen molar-refractivity contribution in [2.24, 2.45) is 0 Å². The number of carbonyl (C=O) groups is 1. The third-order valence-electron chi connectivity index (χ3n) is 4.21. The molecule has 0 amide bonds. The van der Waals surface area contributed by atoms with Gasteiger partial charge in [-0.1, -0.05) is 84.0 Å². The molecule has 0 aliphatic heterocycles. The molecular weight excluding hydrogens is 316 g/mol. The van der Waals surface area contributed by atoms with Gasteiger partial charge in [-0.3, -0.25) is 4.79 Å². The van der Waals surface area contributed by atoms with Crippen LogP contribution in [0.1, 0.15) is 55.1 Å². The van der Waals surface area contributed by atoms with Crippen LogP contribution in [-0.4, -0.2) is 5.78 Å². The third-order valence-corrected chi connectivity index (χ3v) is 4.21. The lowest BCUT2D eigenvalue weighted by Crippen LogP contribution is -1.92. The molecule has 0 unspecified atom stereocenters. The molecule has 134 valence electrons. The highest BCUT2D eigenvalue weighted by molar-refractivity contribution is 6.06. The molecule has 0 spiro atoms. The molecule has 2 aromatic carbocycles. The summed E-state index contributed by atoms with van der Waals surface area (Å²) in [6.45, 7) is 6.47. The Morgan fingerprint density at radius 3 is 2.42 bits per heavy atom. The molecule has 2 rings (SSSR count). The molecule has 0 aliphatic rings. The summed E-state index contributed by atoms with van der Waals surface area (Å²) in [6.07, 6.45) is 11.3. The molecule has 0 aromatic heterocycles. The second-order valence-electron chi connectivity index (χ2n) is 6.88. The van der Waals surface area contributed by atoms with Gasteiger partial charge in [0.25, 0.3) is 0 Å². The average molecular weight is 344 g/mol. The van der Waals surface area contributed by atoms with Gasteiger partial charge in [-0.15, -0.1) is 0 Å². The van der Waals surface area contributed by atoms with Crippen LogP contribution < -0.4 is 0 Å². The Bertz CT molecular complexity index is 803. The van der Waals surface area contributed by atoms with Crippen molar-refractivity contribution in [2.75, 3.05) is 0 Å². The molecule has 0 bridgehead atoms. The van der Waals surface area contributed by atoms with E-state index in [2.05, 4.69) is 45.1 Å². The highest BCUT2D eigenvalue weighted by atomic mass is 16.1. The van der Waals surface area contributed by atoms with E-state index in [1.807, 2.05) is 48.5 Å². The average Bonchev–Trinajstić information content (AvgIpc) is 2.65. The Balaban J connectivity index is 1.96. The summed E-state index contributed by atoms with van der Waals surface area (Å²) < 4.78 is 0. The molecule has 0 heterocycles. The first-order chi connectivity index (χ1) is 12.5. The van der Waals surface area contributed by atoms with E-state index in [-0.39, 0.29) is 5.78 Å². The van der Waals surface area contributed by atoms with Gasteiger partial charge in [-0.25, -0.2) is 0 Å². The molecule has 1 heteroatoms. The highest BCUT2D eigenvalue weighted by Crippen LogP contribution is 2.12. The second kappa shape index (κ2) is 10.4. The van der Waals surface area contributed by atoms with Gasteiger partial charge in [0.2, 0.25) is 0 Å². The van der Waals surface area contributed by atoms with Crippen molar-refractivity contribution in [1.82, 2.24) is 0 Å². The Hall–Kier alpha value is -2.67. The Morgan fingerprint density at radius 2 is 1.69 bits per heavy atom. The quantitative estimate of drug-likeness (QED) is 0.292. The number of ketones is 1. The van der Waals surface area contributed by atoms with Crippen LogP contribution in [0.4, 0.5) is 0 Å². The van der Waals surface area contributed by atoms with Crippen LogP contribution in [0.25, 0.3) is 6.08 Å². The minimum Gasteiger partial charge on any atom is -0.289 e. The smallest absolute Gasteiger partial charge is 0.185 e. The predicted octanol–water partition coefficient (Wildman–Crippen LogP) is 6.82. The Kier molecular flexibility index (Phi) is 7.82. The zero-order valence-electron chi connectivity index (χ0n) is 16.0. The van der Waals surface area contributed by atoms with Crippen molar-refractivity contribution in [3.63, 3.8) is 0 Å². The fourth-order valence-corrected chi connectivity index (χ4v) is 2.68. The van der Waals surface area contributed by atoms with Crippen LogP contribution >= 0.6 is 0 Å². The first-order valence-corrected chi connectivity index (χ1v) is 9.20. The fraction of sp³-hybridized carbons (Fsp3) is 0.240. The van der Waals surface area contributed by atoms with E-state index in [1.54, 1.807) is 6.08 Å². The van der Waals surface area contributed by atoms with Gasteiger partial charge < -0.3 is 0 Å². The number of rotatable bonds is 8. The van der Waals surface area contributed by atoms with Crippen molar-refractivity contribution in [2.45, 2.75) is 40.0 Å². The molecule has 0 aliphatic carbocycles. The van der Waals surface area contributed by atoms with Crippen molar-refractivity contribution in [3.05, 3.63) is 101 Å². The lowest BCUT2D eigenvalue weighted by Gasteiger charge is -2.02. The van der Waals surface area contributed by atoms with Crippen LogP contribution in [0, 0.1) is 0 Å². The lowest BCUT2D eigenvalue weighted by atomic mass is 10.0. The van der Waals surface area contributed by atoms with Crippen molar-refractivity contribution in [3.8, 4) is 0 Å². The predicted molar refractivity (Wildman–Crippen MR) is 112 cm³/mol. The third kappa shape index (κ3) is 7.06. The van der Waals surface area contributed by atoms with Gasteiger partial charge >= 0.3 is 0 Å². The van der Waals surface area contributed by atoms with Gasteiger partial charge in [0.1, 0.15) is 0 Å². The van der Waals surface area contributed by atoms with E-state index in [0.29, 0.717) is 0 Å². The minimum atomic E-state index is 0.0333. The first-order valence-electron chi connectivity index (χ1n) is 9.20. The van der Waals surface area contributed by atoms with Gasteiger partial charge in [-0.2, -0.15) is 0 Å². The molecular formula is C25H28O. The van der Waals surface area contributed by atoms with Gasteiger partial charge in [-0.05, 0) is 57.2 Å². The van der Waals surface area contributed by atoms with Gasteiger partial charge in [0.15, 0.2) is 5.78 Å². The van der Waals surface area contributed by atoms with E-state index in [9.17, 15) is 4.79 Å². The van der Waals surface area contributed by atoms with E-state index < -0.39 is 0 Å². The lowest BCUT2D eigenvalue weighted by molar-refractivity contribution is 0.104. The SMILES string of the molecule is CC(C)=CCC/C(C)=C/Cc1cccc(/C=C/C(=O)c2ccccc2)c1. The second-order valence-corrected chi connectivity index (χ2v) is 6.88. The number of benzene rings is 2. The van der Waals surface area contributed by atoms with Crippen LogP contribution in [0.3, 0.4) is 0 Å². The monoisotopic (exact) mass is 344 g/mol. The zero-order valence-corrected chi connectivity index (χ0v) is 16.0. The first kappa shape index (κ1) is 19.7. The molecule has 26 heavy (non-hydrogen) atoms. The van der Waals surface area contributed by atoms with Crippen LogP contribution in [-0.2, 0) is 6.42 Å². The standard InChI is InChI=1S/C25H28O/c1-20(2)9-7-10-21(3)15-16-22-11-8-12-23(19-22)17-18-25(26)24-13-5-4-6-14-24/h4-6,8-9,11-15,17-19H,7,10,16H2,1-3H3/b18-17+,21-15+. The maximum absolute atomic E-state index is 12.2. The molecule has 1 nitrogen and oxygen atoms in total. The van der Waals surface area contributed by atoms with E-state index in [0.717, 1.165) is 30.4 Å². The molecule has 0 N–H and O–H groups in total. The summed E-state index contributed by atoms with van der Waals surface area (Å²) in [5, 5.41) is 0.